The molecule has 1 aliphatic carbocycles. The Bertz CT molecular complexity index is 324. The van der Waals surface area contributed by atoms with Gasteiger partial charge in [-0.1, -0.05) is 26.7 Å². The Labute approximate surface area is 98.3 Å². The first-order valence-electron chi connectivity index (χ1n) is 6.48. The fourth-order valence-electron chi connectivity index (χ4n) is 2.27. The average Bonchev–Trinajstić information content (AvgIpc) is 2.85. The molecule has 1 aromatic rings. The van der Waals surface area contributed by atoms with Gasteiger partial charge in [-0.25, -0.2) is 4.98 Å². The van der Waals surface area contributed by atoms with E-state index in [9.17, 15) is 0 Å². The van der Waals surface area contributed by atoms with Gasteiger partial charge in [0.1, 0.15) is 0 Å². The van der Waals surface area contributed by atoms with E-state index < -0.39 is 0 Å². The minimum atomic E-state index is 0.475. The zero-order chi connectivity index (χ0) is 11.5. The van der Waals surface area contributed by atoms with E-state index in [1.807, 2.05) is 6.20 Å². The van der Waals surface area contributed by atoms with Crippen molar-refractivity contribution in [3.63, 3.8) is 0 Å². The van der Waals surface area contributed by atoms with Crippen LogP contribution >= 0.6 is 0 Å². The van der Waals surface area contributed by atoms with Crippen LogP contribution in [0.2, 0.25) is 0 Å². The molecule has 1 atom stereocenters. The number of nitrogens with zero attached hydrogens (tertiary/aromatic N) is 2. The molecule has 3 heteroatoms. The topological polar surface area (TPSA) is 29.9 Å². The second kappa shape index (κ2) is 4.89. The van der Waals surface area contributed by atoms with Crippen LogP contribution in [0.3, 0.4) is 0 Å². The molecule has 1 aliphatic rings. The monoisotopic (exact) mass is 221 g/mol. The molecule has 0 amide bonds. The summed E-state index contributed by atoms with van der Waals surface area (Å²) in [4.78, 5) is 4.44. The smallest absolute Gasteiger partial charge is 0.203 e. The van der Waals surface area contributed by atoms with Crippen molar-refractivity contribution in [2.75, 3.05) is 5.32 Å². The predicted molar refractivity (Wildman–Crippen MR) is 67.7 cm³/mol. The molecule has 0 bridgehead atoms. The third kappa shape index (κ3) is 2.39. The van der Waals surface area contributed by atoms with Gasteiger partial charge in [0, 0.05) is 24.5 Å². The van der Waals surface area contributed by atoms with Crippen LogP contribution in [0.5, 0.6) is 0 Å². The summed E-state index contributed by atoms with van der Waals surface area (Å²) in [5.41, 5.74) is 0. The minimum absolute atomic E-state index is 0.475. The lowest BCUT2D eigenvalue weighted by atomic mass is 10.1. The summed E-state index contributed by atoms with van der Waals surface area (Å²) in [7, 11) is 0. The standard InChI is InChI=1S/C13H23N3/c1-10(2)11(3)15-13-14-8-9-16(13)12-6-4-5-7-12/h8-12H,4-7H2,1-3H3,(H,14,15). The van der Waals surface area contributed by atoms with Crippen molar-refractivity contribution in [1.82, 2.24) is 9.55 Å². The molecule has 1 aromatic heterocycles. The number of rotatable bonds is 4. The van der Waals surface area contributed by atoms with Crippen molar-refractivity contribution in [2.24, 2.45) is 5.92 Å². The maximum Gasteiger partial charge on any atom is 0.203 e. The molecule has 2 rings (SSSR count). The Morgan fingerprint density at radius 3 is 2.62 bits per heavy atom. The van der Waals surface area contributed by atoms with Crippen LogP contribution in [0.25, 0.3) is 0 Å². The van der Waals surface area contributed by atoms with Crippen LogP contribution in [0.15, 0.2) is 12.4 Å². The number of hydrogen-bond donors (Lipinski definition) is 1. The Balaban J connectivity index is 2.06. The lowest BCUT2D eigenvalue weighted by Crippen LogP contribution is -2.24. The maximum absolute atomic E-state index is 4.44. The van der Waals surface area contributed by atoms with Gasteiger partial charge >= 0.3 is 0 Å². The van der Waals surface area contributed by atoms with E-state index in [0.717, 1.165) is 5.95 Å². The molecule has 1 heterocycles. The fourth-order valence-corrected chi connectivity index (χ4v) is 2.27. The summed E-state index contributed by atoms with van der Waals surface area (Å²) in [5, 5.41) is 3.52. The van der Waals surface area contributed by atoms with Gasteiger partial charge in [0.2, 0.25) is 5.95 Å². The molecule has 0 spiro atoms. The zero-order valence-corrected chi connectivity index (χ0v) is 10.6. The number of nitrogens with one attached hydrogen (secondary N) is 1. The van der Waals surface area contributed by atoms with Crippen LogP contribution in [0.1, 0.15) is 52.5 Å². The maximum atomic E-state index is 4.44. The molecule has 0 aromatic carbocycles. The quantitative estimate of drug-likeness (QED) is 0.844. The Kier molecular flexibility index (Phi) is 3.52. The highest BCUT2D eigenvalue weighted by Crippen LogP contribution is 2.31. The zero-order valence-electron chi connectivity index (χ0n) is 10.6. The van der Waals surface area contributed by atoms with Crippen molar-refractivity contribution in [2.45, 2.75) is 58.5 Å². The summed E-state index contributed by atoms with van der Waals surface area (Å²) in [5.74, 6) is 1.68. The van der Waals surface area contributed by atoms with Crippen LogP contribution in [0, 0.1) is 5.92 Å². The third-order valence-electron chi connectivity index (χ3n) is 3.74. The first-order valence-corrected chi connectivity index (χ1v) is 6.48. The SMILES string of the molecule is CC(C)C(C)Nc1nccn1C1CCCC1. The van der Waals surface area contributed by atoms with Crippen molar-refractivity contribution in [3.05, 3.63) is 12.4 Å². The average molecular weight is 221 g/mol. The van der Waals surface area contributed by atoms with Gasteiger partial charge in [0.05, 0.1) is 0 Å². The van der Waals surface area contributed by atoms with Gasteiger partial charge < -0.3 is 9.88 Å². The van der Waals surface area contributed by atoms with Gasteiger partial charge in [0.15, 0.2) is 0 Å². The molecule has 0 aliphatic heterocycles. The van der Waals surface area contributed by atoms with Gasteiger partial charge in [0.25, 0.3) is 0 Å². The van der Waals surface area contributed by atoms with Crippen LogP contribution in [-0.2, 0) is 0 Å². The van der Waals surface area contributed by atoms with Crippen molar-refractivity contribution in [3.8, 4) is 0 Å². The number of hydrogen-bond acceptors (Lipinski definition) is 2. The lowest BCUT2D eigenvalue weighted by molar-refractivity contribution is 0.507. The molecule has 0 radical (unpaired) electrons. The third-order valence-corrected chi connectivity index (χ3v) is 3.74. The highest BCUT2D eigenvalue weighted by atomic mass is 15.2. The number of imidazole rings is 1. The second-order valence-electron chi connectivity index (χ2n) is 5.27. The Morgan fingerprint density at radius 1 is 1.31 bits per heavy atom. The number of aromatic nitrogens is 2. The van der Waals surface area contributed by atoms with Crippen LogP contribution < -0.4 is 5.32 Å². The Morgan fingerprint density at radius 2 is 2.00 bits per heavy atom. The lowest BCUT2D eigenvalue weighted by Gasteiger charge is -2.21. The summed E-state index contributed by atoms with van der Waals surface area (Å²) < 4.78 is 2.33. The van der Waals surface area contributed by atoms with E-state index in [1.54, 1.807) is 0 Å². The number of anilines is 1. The van der Waals surface area contributed by atoms with Gasteiger partial charge in [-0.05, 0) is 25.7 Å². The van der Waals surface area contributed by atoms with Crippen molar-refractivity contribution in [1.29, 1.82) is 0 Å². The first kappa shape index (κ1) is 11.5. The van der Waals surface area contributed by atoms with Crippen molar-refractivity contribution >= 4 is 5.95 Å². The summed E-state index contributed by atoms with van der Waals surface area (Å²) in [6, 6.07) is 1.15. The van der Waals surface area contributed by atoms with E-state index in [2.05, 4.69) is 41.8 Å². The second-order valence-corrected chi connectivity index (χ2v) is 5.27. The predicted octanol–water partition coefficient (Wildman–Crippen LogP) is 3.45. The summed E-state index contributed by atoms with van der Waals surface area (Å²) in [6.07, 6.45) is 9.37. The molecule has 90 valence electrons. The molecule has 1 unspecified atom stereocenters. The van der Waals surface area contributed by atoms with Gasteiger partial charge in [-0.15, -0.1) is 0 Å². The summed E-state index contributed by atoms with van der Waals surface area (Å²) in [6.45, 7) is 6.69. The van der Waals surface area contributed by atoms with E-state index in [4.69, 9.17) is 0 Å². The summed E-state index contributed by atoms with van der Waals surface area (Å²) >= 11 is 0. The highest BCUT2D eigenvalue weighted by molar-refractivity contribution is 5.28. The molecule has 16 heavy (non-hydrogen) atoms. The molecular formula is C13H23N3. The molecular weight excluding hydrogens is 198 g/mol. The highest BCUT2D eigenvalue weighted by Gasteiger charge is 2.20. The molecule has 0 saturated heterocycles. The minimum Gasteiger partial charge on any atom is -0.353 e. The van der Waals surface area contributed by atoms with Crippen LogP contribution in [0.4, 0.5) is 5.95 Å². The Hall–Kier alpha value is -0.990. The van der Waals surface area contributed by atoms with Crippen LogP contribution in [-0.4, -0.2) is 15.6 Å². The van der Waals surface area contributed by atoms with E-state index in [1.165, 1.54) is 25.7 Å². The van der Waals surface area contributed by atoms with Gasteiger partial charge in [-0.2, -0.15) is 0 Å². The van der Waals surface area contributed by atoms with Crippen molar-refractivity contribution < 1.29 is 0 Å². The van der Waals surface area contributed by atoms with Gasteiger partial charge in [-0.3, -0.25) is 0 Å². The molecule has 1 fully saturated rings. The van der Waals surface area contributed by atoms with E-state index >= 15 is 0 Å². The molecule has 1 saturated carbocycles. The first-order chi connectivity index (χ1) is 7.68. The molecule has 3 nitrogen and oxygen atoms in total. The van der Waals surface area contributed by atoms with E-state index in [0.29, 0.717) is 18.0 Å². The molecule has 1 N–H and O–H groups in total. The van der Waals surface area contributed by atoms with E-state index in [-0.39, 0.29) is 0 Å². The largest absolute Gasteiger partial charge is 0.353 e. The fraction of sp³-hybridized carbons (Fsp3) is 0.769. The normalized spacial score (nSPS) is 19.2.